The number of para-hydroxylation sites is 1. The van der Waals surface area contributed by atoms with Crippen LogP contribution in [0.25, 0.3) is 11.0 Å². The molecule has 0 saturated carbocycles. The molecule has 0 saturated heterocycles. The monoisotopic (exact) mass is 362 g/mol. The molecule has 0 N–H and O–H groups in total. The van der Waals surface area contributed by atoms with Gasteiger partial charge in [-0.2, -0.15) is 0 Å². The predicted molar refractivity (Wildman–Crippen MR) is 105 cm³/mol. The van der Waals surface area contributed by atoms with Crippen molar-refractivity contribution in [1.29, 1.82) is 0 Å². The van der Waals surface area contributed by atoms with Crippen LogP contribution in [0.4, 0.5) is 5.82 Å². The van der Waals surface area contributed by atoms with Crippen LogP contribution in [0.15, 0.2) is 70.6 Å². The van der Waals surface area contributed by atoms with Gasteiger partial charge in [0.15, 0.2) is 5.76 Å². The molecule has 4 nitrogen and oxygen atoms in total. The van der Waals surface area contributed by atoms with E-state index in [9.17, 15) is 4.79 Å². The lowest BCUT2D eigenvalue weighted by atomic mass is 10.2. The predicted octanol–water partition coefficient (Wildman–Crippen LogP) is 5.09. The van der Waals surface area contributed by atoms with Crippen LogP contribution in [-0.2, 0) is 6.54 Å². The van der Waals surface area contributed by atoms with E-state index in [1.165, 1.54) is 4.88 Å². The van der Waals surface area contributed by atoms with Crippen molar-refractivity contribution in [3.05, 3.63) is 82.4 Å². The summed E-state index contributed by atoms with van der Waals surface area (Å²) < 4.78 is 5.74. The molecule has 0 amide bonds. The maximum atomic E-state index is 12.9. The van der Waals surface area contributed by atoms with Crippen molar-refractivity contribution in [2.75, 3.05) is 11.4 Å². The van der Waals surface area contributed by atoms with Crippen molar-refractivity contribution in [1.82, 2.24) is 4.98 Å². The lowest BCUT2D eigenvalue weighted by Crippen LogP contribution is -2.30. The van der Waals surface area contributed by atoms with Crippen molar-refractivity contribution in [2.24, 2.45) is 0 Å². The molecule has 3 aromatic heterocycles. The molecule has 0 spiro atoms. The molecular formula is C21H18N2O2S. The molecule has 0 bridgehead atoms. The van der Waals surface area contributed by atoms with Crippen LogP contribution in [0, 0.1) is 6.92 Å². The molecule has 130 valence electrons. The van der Waals surface area contributed by atoms with Crippen LogP contribution < -0.4 is 4.90 Å². The number of fused-ring (bicyclic) bond motifs is 1. The van der Waals surface area contributed by atoms with Gasteiger partial charge in [-0.3, -0.25) is 4.79 Å². The number of Topliss-reactive ketones (excluding diaryl/α,β-unsaturated/α-hetero) is 1. The third kappa shape index (κ3) is 3.39. The Hall–Kier alpha value is -2.92. The quantitative estimate of drug-likeness (QED) is 0.448. The molecule has 26 heavy (non-hydrogen) atoms. The van der Waals surface area contributed by atoms with E-state index in [0.29, 0.717) is 12.3 Å². The number of ketones is 1. The van der Waals surface area contributed by atoms with E-state index in [2.05, 4.69) is 11.1 Å². The first-order valence-corrected chi connectivity index (χ1v) is 9.29. The van der Waals surface area contributed by atoms with E-state index >= 15 is 0 Å². The highest BCUT2D eigenvalue weighted by atomic mass is 32.1. The van der Waals surface area contributed by atoms with Gasteiger partial charge in [0, 0.05) is 16.5 Å². The Morgan fingerprint density at radius 1 is 1.15 bits per heavy atom. The van der Waals surface area contributed by atoms with E-state index < -0.39 is 0 Å². The van der Waals surface area contributed by atoms with Gasteiger partial charge in [0.25, 0.3) is 0 Å². The SMILES string of the molecule is Cc1cccnc1N(CC(=O)c1cc2ccccc2o1)Cc1cccs1. The number of aryl methyl sites for hydroxylation is 1. The number of aromatic nitrogens is 1. The molecule has 1 aromatic carbocycles. The lowest BCUT2D eigenvalue weighted by Gasteiger charge is -2.23. The maximum Gasteiger partial charge on any atom is 0.217 e. The van der Waals surface area contributed by atoms with Crippen LogP contribution in [0.1, 0.15) is 21.0 Å². The fourth-order valence-corrected chi connectivity index (χ4v) is 3.69. The van der Waals surface area contributed by atoms with Crippen LogP contribution in [-0.4, -0.2) is 17.3 Å². The molecule has 0 radical (unpaired) electrons. The molecule has 0 atom stereocenters. The van der Waals surface area contributed by atoms with E-state index in [-0.39, 0.29) is 12.3 Å². The minimum absolute atomic E-state index is 0.0530. The van der Waals surface area contributed by atoms with Crippen molar-refractivity contribution in [3.8, 4) is 0 Å². The van der Waals surface area contributed by atoms with E-state index in [4.69, 9.17) is 4.42 Å². The Bertz CT molecular complexity index is 1000. The number of rotatable bonds is 6. The molecule has 5 heteroatoms. The minimum atomic E-state index is -0.0530. The zero-order valence-electron chi connectivity index (χ0n) is 14.4. The number of hydrogen-bond donors (Lipinski definition) is 0. The Labute approximate surface area is 155 Å². The Morgan fingerprint density at radius 3 is 2.81 bits per heavy atom. The number of hydrogen-bond acceptors (Lipinski definition) is 5. The van der Waals surface area contributed by atoms with Gasteiger partial charge in [-0.1, -0.05) is 30.3 Å². The highest BCUT2D eigenvalue weighted by Gasteiger charge is 2.19. The summed E-state index contributed by atoms with van der Waals surface area (Å²) in [7, 11) is 0. The summed E-state index contributed by atoms with van der Waals surface area (Å²) in [6.07, 6.45) is 1.76. The van der Waals surface area contributed by atoms with Gasteiger partial charge in [-0.05, 0) is 42.1 Å². The van der Waals surface area contributed by atoms with Crippen LogP contribution in [0.5, 0.6) is 0 Å². The Morgan fingerprint density at radius 2 is 2.04 bits per heavy atom. The molecule has 4 rings (SSSR count). The summed E-state index contributed by atoms with van der Waals surface area (Å²) >= 11 is 1.67. The molecule has 0 aliphatic heterocycles. The highest BCUT2D eigenvalue weighted by Crippen LogP contribution is 2.23. The summed E-state index contributed by atoms with van der Waals surface area (Å²) in [5, 5.41) is 2.98. The van der Waals surface area contributed by atoms with Crippen molar-refractivity contribution in [3.63, 3.8) is 0 Å². The average molecular weight is 362 g/mol. The molecule has 0 aliphatic rings. The topological polar surface area (TPSA) is 46.3 Å². The zero-order valence-corrected chi connectivity index (χ0v) is 15.2. The van der Waals surface area contributed by atoms with Gasteiger partial charge in [0.2, 0.25) is 5.78 Å². The largest absolute Gasteiger partial charge is 0.453 e. The van der Waals surface area contributed by atoms with E-state index in [1.54, 1.807) is 17.5 Å². The van der Waals surface area contributed by atoms with Gasteiger partial charge in [0.1, 0.15) is 11.4 Å². The smallest absolute Gasteiger partial charge is 0.217 e. The van der Waals surface area contributed by atoms with Gasteiger partial charge in [-0.25, -0.2) is 4.98 Å². The molecule has 0 fully saturated rings. The second kappa shape index (κ2) is 7.14. The first-order chi connectivity index (χ1) is 12.7. The fourth-order valence-electron chi connectivity index (χ4n) is 2.98. The number of nitrogens with zero attached hydrogens (tertiary/aromatic N) is 2. The molecule has 0 unspecified atom stereocenters. The minimum Gasteiger partial charge on any atom is -0.453 e. The molecular weight excluding hydrogens is 344 g/mol. The Kier molecular flexibility index (Phi) is 4.54. The third-order valence-corrected chi connectivity index (χ3v) is 5.10. The van der Waals surface area contributed by atoms with Crippen molar-refractivity contribution < 1.29 is 9.21 Å². The van der Waals surface area contributed by atoms with Crippen molar-refractivity contribution >= 4 is 33.9 Å². The second-order valence-corrected chi connectivity index (χ2v) is 7.18. The third-order valence-electron chi connectivity index (χ3n) is 4.24. The fraction of sp³-hybridized carbons (Fsp3) is 0.143. The second-order valence-electron chi connectivity index (χ2n) is 6.15. The lowest BCUT2D eigenvalue weighted by molar-refractivity contribution is 0.0974. The summed E-state index contributed by atoms with van der Waals surface area (Å²) in [4.78, 5) is 20.6. The first kappa shape index (κ1) is 16.5. The van der Waals surface area contributed by atoms with Crippen LogP contribution in [0.2, 0.25) is 0 Å². The summed E-state index contributed by atoms with van der Waals surface area (Å²) in [5.74, 6) is 1.16. The standard InChI is InChI=1S/C21H18N2O2S/c1-15-6-4-10-22-21(15)23(13-17-8-5-11-26-17)14-18(24)20-12-16-7-2-3-9-19(16)25-20/h2-12H,13-14H2,1H3. The van der Waals surface area contributed by atoms with Crippen LogP contribution in [0.3, 0.4) is 0 Å². The average Bonchev–Trinajstić information content (AvgIpc) is 3.31. The van der Waals surface area contributed by atoms with Crippen molar-refractivity contribution in [2.45, 2.75) is 13.5 Å². The van der Waals surface area contributed by atoms with Gasteiger partial charge >= 0.3 is 0 Å². The number of anilines is 1. The first-order valence-electron chi connectivity index (χ1n) is 8.41. The summed E-state index contributed by atoms with van der Waals surface area (Å²) in [5.41, 5.74) is 1.77. The Balaban J connectivity index is 1.63. The van der Waals surface area contributed by atoms with E-state index in [0.717, 1.165) is 22.4 Å². The summed E-state index contributed by atoms with van der Waals surface area (Å²) in [6, 6.07) is 17.5. The number of furan rings is 1. The van der Waals surface area contributed by atoms with Crippen LogP contribution >= 0.6 is 11.3 Å². The summed E-state index contributed by atoms with van der Waals surface area (Å²) in [6.45, 7) is 2.87. The van der Waals surface area contributed by atoms with Gasteiger partial charge < -0.3 is 9.32 Å². The number of carbonyl (C=O) groups excluding carboxylic acids is 1. The molecule has 3 heterocycles. The number of benzene rings is 1. The number of carbonyl (C=O) groups is 1. The normalized spacial score (nSPS) is 11.0. The number of pyridine rings is 1. The molecule has 4 aromatic rings. The highest BCUT2D eigenvalue weighted by molar-refractivity contribution is 7.09. The zero-order chi connectivity index (χ0) is 17.9. The molecule has 0 aliphatic carbocycles. The van der Waals surface area contributed by atoms with Gasteiger partial charge in [0.05, 0.1) is 13.1 Å². The van der Waals surface area contributed by atoms with Gasteiger partial charge in [-0.15, -0.1) is 11.3 Å². The maximum absolute atomic E-state index is 12.9. The van der Waals surface area contributed by atoms with E-state index in [1.807, 2.05) is 65.7 Å². The number of thiophene rings is 1.